The van der Waals surface area contributed by atoms with Crippen molar-refractivity contribution in [2.24, 2.45) is 0 Å². The van der Waals surface area contributed by atoms with Gasteiger partial charge in [-0.1, -0.05) is 116 Å². The van der Waals surface area contributed by atoms with E-state index < -0.39 is 0 Å². The van der Waals surface area contributed by atoms with Gasteiger partial charge >= 0.3 is 5.97 Å². The summed E-state index contributed by atoms with van der Waals surface area (Å²) < 4.78 is 5.22. The Labute approximate surface area is 164 Å². The van der Waals surface area contributed by atoms with Crippen molar-refractivity contribution in [3.05, 3.63) is 12.2 Å². The maximum absolute atomic E-state index is 11.6. The summed E-state index contributed by atoms with van der Waals surface area (Å²) in [6.45, 7) is 4.93. The van der Waals surface area contributed by atoms with Gasteiger partial charge in [0.2, 0.25) is 0 Å². The maximum Gasteiger partial charge on any atom is 0.305 e. The molecule has 154 valence electrons. The molecule has 0 spiro atoms. The molecule has 0 rings (SSSR count). The fourth-order valence-electron chi connectivity index (χ4n) is 3.24. The van der Waals surface area contributed by atoms with Crippen molar-refractivity contribution in [1.82, 2.24) is 0 Å². The Bertz CT molecular complexity index is 309. The Hall–Kier alpha value is -0.790. The molecular weight excluding hydrogens is 320 g/mol. The van der Waals surface area contributed by atoms with Gasteiger partial charge in [0.15, 0.2) is 0 Å². The zero-order valence-electron chi connectivity index (χ0n) is 17.9. The molecule has 0 aromatic carbocycles. The molecule has 0 amide bonds. The summed E-state index contributed by atoms with van der Waals surface area (Å²) in [5.41, 5.74) is 0. The highest BCUT2D eigenvalue weighted by Gasteiger charge is 2.01. The minimum Gasteiger partial charge on any atom is -0.465 e. The highest BCUT2D eigenvalue weighted by molar-refractivity contribution is 5.69. The zero-order valence-corrected chi connectivity index (χ0v) is 17.9. The minimum absolute atomic E-state index is 0.0235. The second-order valence-electron chi connectivity index (χ2n) is 7.59. The first-order valence-electron chi connectivity index (χ1n) is 11.6. The molecule has 0 fully saturated rings. The van der Waals surface area contributed by atoms with Crippen LogP contribution in [0.5, 0.6) is 0 Å². The molecule has 0 aliphatic carbocycles. The molecule has 0 atom stereocenters. The van der Waals surface area contributed by atoms with Gasteiger partial charge in [0.25, 0.3) is 0 Å². The van der Waals surface area contributed by atoms with E-state index in [2.05, 4.69) is 26.0 Å². The molecule has 0 heterocycles. The third kappa shape index (κ3) is 21.3. The highest BCUT2D eigenvalue weighted by Crippen LogP contribution is 2.13. The predicted molar refractivity (Wildman–Crippen MR) is 115 cm³/mol. The molecule has 0 N–H and O–H groups in total. The third-order valence-corrected chi connectivity index (χ3v) is 4.93. The van der Waals surface area contributed by atoms with Crippen LogP contribution in [0.2, 0.25) is 0 Å². The van der Waals surface area contributed by atoms with E-state index >= 15 is 0 Å². The van der Waals surface area contributed by atoms with E-state index in [0.717, 1.165) is 19.3 Å². The average molecular weight is 367 g/mol. The number of carbonyl (C=O) groups excluding carboxylic acids is 1. The van der Waals surface area contributed by atoms with Crippen LogP contribution < -0.4 is 0 Å². The molecule has 0 saturated carbocycles. The Balaban J connectivity index is 3.12. The van der Waals surface area contributed by atoms with Crippen molar-refractivity contribution in [3.8, 4) is 0 Å². The summed E-state index contributed by atoms with van der Waals surface area (Å²) in [6.07, 6.45) is 27.0. The minimum atomic E-state index is -0.0235. The largest absolute Gasteiger partial charge is 0.465 e. The fourth-order valence-corrected chi connectivity index (χ4v) is 3.24. The Morgan fingerprint density at radius 1 is 0.654 bits per heavy atom. The van der Waals surface area contributed by atoms with Gasteiger partial charge in [0.1, 0.15) is 0 Å². The van der Waals surface area contributed by atoms with Crippen LogP contribution in [0.15, 0.2) is 12.2 Å². The van der Waals surface area contributed by atoms with E-state index in [0.29, 0.717) is 13.0 Å². The van der Waals surface area contributed by atoms with Crippen LogP contribution in [0, 0.1) is 0 Å². The van der Waals surface area contributed by atoms with Gasteiger partial charge in [-0.25, -0.2) is 0 Å². The van der Waals surface area contributed by atoms with Gasteiger partial charge in [0.05, 0.1) is 6.61 Å². The number of rotatable bonds is 20. The molecule has 0 saturated heterocycles. The molecule has 0 aliphatic heterocycles. The standard InChI is InChI=1S/C24H46O2/c1-3-5-7-9-10-11-12-13-14-15-16-17-18-19-20-22-24(25)26-23-21-8-6-4-2/h6,8H,3-5,7,9-23H2,1-2H3/b8-6-. The zero-order chi connectivity index (χ0) is 19.1. The van der Waals surface area contributed by atoms with Crippen molar-refractivity contribution in [2.75, 3.05) is 6.61 Å². The third-order valence-electron chi connectivity index (χ3n) is 4.93. The second kappa shape index (κ2) is 22.3. The molecule has 2 nitrogen and oxygen atoms in total. The number of carbonyl (C=O) groups is 1. The van der Waals surface area contributed by atoms with Gasteiger partial charge in [-0.15, -0.1) is 0 Å². The van der Waals surface area contributed by atoms with Crippen LogP contribution in [-0.2, 0) is 9.53 Å². The molecule has 0 bridgehead atoms. The lowest BCUT2D eigenvalue weighted by molar-refractivity contribution is -0.143. The topological polar surface area (TPSA) is 26.3 Å². The van der Waals surface area contributed by atoms with Crippen LogP contribution in [0.3, 0.4) is 0 Å². The molecule has 0 radical (unpaired) electrons. The molecule has 0 aromatic heterocycles. The molecule has 2 heteroatoms. The van der Waals surface area contributed by atoms with Crippen molar-refractivity contribution in [3.63, 3.8) is 0 Å². The summed E-state index contributed by atoms with van der Waals surface area (Å²) in [4.78, 5) is 11.6. The molecule has 0 unspecified atom stereocenters. The lowest BCUT2D eigenvalue weighted by atomic mass is 10.0. The van der Waals surface area contributed by atoms with Gasteiger partial charge in [-0.3, -0.25) is 4.79 Å². The summed E-state index contributed by atoms with van der Waals surface area (Å²) in [7, 11) is 0. The molecule has 0 aliphatic rings. The molecule has 0 aromatic rings. The summed E-state index contributed by atoms with van der Waals surface area (Å²) in [5.74, 6) is -0.0235. The van der Waals surface area contributed by atoms with Crippen LogP contribution in [0.1, 0.15) is 129 Å². The van der Waals surface area contributed by atoms with Crippen molar-refractivity contribution < 1.29 is 9.53 Å². The Morgan fingerprint density at radius 2 is 1.12 bits per heavy atom. The van der Waals surface area contributed by atoms with Crippen molar-refractivity contribution in [2.45, 2.75) is 129 Å². The quantitative estimate of drug-likeness (QED) is 0.123. The van der Waals surface area contributed by atoms with E-state index in [-0.39, 0.29) is 5.97 Å². The smallest absolute Gasteiger partial charge is 0.305 e. The average Bonchev–Trinajstić information content (AvgIpc) is 2.64. The molecular formula is C24H46O2. The van der Waals surface area contributed by atoms with Crippen LogP contribution in [-0.4, -0.2) is 12.6 Å². The predicted octanol–water partition coefficient (Wildman–Crippen LogP) is 8.15. The first-order chi connectivity index (χ1) is 12.8. The van der Waals surface area contributed by atoms with E-state index in [1.165, 1.54) is 89.9 Å². The van der Waals surface area contributed by atoms with E-state index in [9.17, 15) is 4.79 Å². The number of hydrogen-bond donors (Lipinski definition) is 0. The number of unbranched alkanes of at least 4 members (excludes halogenated alkanes) is 14. The number of ether oxygens (including phenoxy) is 1. The molecule has 26 heavy (non-hydrogen) atoms. The SMILES string of the molecule is CC/C=C\CCOC(=O)CCCCCCCCCCCCCCCCC. The summed E-state index contributed by atoms with van der Waals surface area (Å²) >= 11 is 0. The maximum atomic E-state index is 11.6. The van der Waals surface area contributed by atoms with Crippen LogP contribution >= 0.6 is 0 Å². The first kappa shape index (κ1) is 25.2. The number of hydrogen-bond acceptors (Lipinski definition) is 2. The van der Waals surface area contributed by atoms with Gasteiger partial charge in [-0.2, -0.15) is 0 Å². The van der Waals surface area contributed by atoms with E-state index in [1.807, 2.05) is 0 Å². The number of esters is 1. The summed E-state index contributed by atoms with van der Waals surface area (Å²) in [6, 6.07) is 0. The van der Waals surface area contributed by atoms with Crippen LogP contribution in [0.25, 0.3) is 0 Å². The van der Waals surface area contributed by atoms with Gasteiger partial charge in [-0.05, 0) is 19.3 Å². The number of allylic oxidation sites excluding steroid dienone is 1. The normalized spacial score (nSPS) is 11.3. The Kier molecular flexibility index (Phi) is 21.6. The van der Waals surface area contributed by atoms with E-state index in [1.54, 1.807) is 0 Å². The lowest BCUT2D eigenvalue weighted by Crippen LogP contribution is -2.04. The first-order valence-corrected chi connectivity index (χ1v) is 11.6. The van der Waals surface area contributed by atoms with Crippen molar-refractivity contribution >= 4 is 5.97 Å². The highest BCUT2D eigenvalue weighted by atomic mass is 16.5. The second-order valence-corrected chi connectivity index (χ2v) is 7.59. The Morgan fingerprint density at radius 3 is 1.58 bits per heavy atom. The van der Waals surface area contributed by atoms with Crippen molar-refractivity contribution in [1.29, 1.82) is 0 Å². The van der Waals surface area contributed by atoms with Gasteiger partial charge in [0, 0.05) is 6.42 Å². The van der Waals surface area contributed by atoms with Crippen LogP contribution in [0.4, 0.5) is 0 Å². The monoisotopic (exact) mass is 366 g/mol. The summed E-state index contributed by atoms with van der Waals surface area (Å²) in [5, 5.41) is 0. The fraction of sp³-hybridized carbons (Fsp3) is 0.875. The van der Waals surface area contributed by atoms with E-state index in [4.69, 9.17) is 4.74 Å². The lowest BCUT2D eigenvalue weighted by Gasteiger charge is -2.04. The van der Waals surface area contributed by atoms with Gasteiger partial charge < -0.3 is 4.74 Å².